The third-order valence-electron chi connectivity index (χ3n) is 2.30. The van der Waals surface area contributed by atoms with E-state index in [0.717, 1.165) is 0 Å². The molecule has 0 aliphatic heterocycles. The number of ether oxygens (including phenoxy) is 2. The van der Waals surface area contributed by atoms with Crippen LogP contribution in [0.3, 0.4) is 0 Å². The fourth-order valence-corrected chi connectivity index (χ4v) is 3.83. The van der Waals surface area contributed by atoms with E-state index in [-0.39, 0.29) is 0 Å². The van der Waals surface area contributed by atoms with Crippen molar-refractivity contribution < 1.29 is 19.1 Å². The Morgan fingerprint density at radius 3 is 1.45 bits per heavy atom. The summed E-state index contributed by atoms with van der Waals surface area (Å²) in [7, 11) is 2.66. The van der Waals surface area contributed by atoms with Crippen molar-refractivity contribution in [3.8, 4) is 11.5 Å². The Hall–Kier alpha value is -1.34. The molecule has 114 valence electrons. The van der Waals surface area contributed by atoms with Crippen LogP contribution in [0.25, 0.3) is 0 Å². The minimum atomic E-state index is -0.908. The Labute approximate surface area is 144 Å². The minimum Gasteiger partial charge on any atom is -0.413 e. The van der Waals surface area contributed by atoms with Gasteiger partial charge in [0.2, 0.25) is 0 Å². The lowest BCUT2D eigenvalue weighted by Crippen LogP contribution is -1.97. The van der Waals surface area contributed by atoms with Crippen LogP contribution in [-0.2, 0) is 0 Å². The van der Waals surface area contributed by atoms with Gasteiger partial charge in [0.1, 0.15) is 11.5 Å². The van der Waals surface area contributed by atoms with Gasteiger partial charge in [-0.15, -0.1) is 0 Å². The van der Waals surface area contributed by atoms with Crippen molar-refractivity contribution in [1.82, 2.24) is 0 Å². The second kappa shape index (κ2) is 8.33. The number of carbonyl (C=O) groups is 2. The Morgan fingerprint density at radius 2 is 1.09 bits per heavy atom. The second-order valence-corrected chi connectivity index (χ2v) is 6.57. The quantitative estimate of drug-likeness (QED) is 0.475. The van der Waals surface area contributed by atoms with E-state index in [0.29, 0.717) is 21.3 Å². The van der Waals surface area contributed by atoms with Gasteiger partial charge in [-0.25, -0.2) is 9.59 Å². The molecule has 4 nitrogen and oxygen atoms in total. The summed E-state index contributed by atoms with van der Waals surface area (Å²) in [4.78, 5) is 23.1. The van der Waals surface area contributed by atoms with Crippen molar-refractivity contribution in [3.05, 3.63) is 48.5 Å². The van der Waals surface area contributed by atoms with Crippen molar-refractivity contribution in [3.63, 3.8) is 0 Å². The molecule has 0 fully saturated rings. The molecule has 0 radical (unpaired) electrons. The van der Waals surface area contributed by atoms with E-state index in [9.17, 15) is 9.59 Å². The number of hydrogen-bond donors (Lipinski definition) is 0. The van der Waals surface area contributed by atoms with Gasteiger partial charge in [0.15, 0.2) is 0 Å². The molecule has 0 atom stereocenters. The molecule has 0 aliphatic rings. The maximum absolute atomic E-state index is 10.9. The largest absolute Gasteiger partial charge is 0.413 e. The van der Waals surface area contributed by atoms with Crippen LogP contribution in [0.1, 0.15) is 0 Å². The summed E-state index contributed by atoms with van der Waals surface area (Å²) in [5, 5.41) is 0. The van der Waals surface area contributed by atoms with Gasteiger partial charge < -0.3 is 9.47 Å². The third kappa shape index (κ3) is 5.14. The fourth-order valence-electron chi connectivity index (χ4n) is 1.47. The van der Waals surface area contributed by atoms with Crippen LogP contribution in [0.15, 0.2) is 58.3 Å². The zero-order chi connectivity index (χ0) is 15.9. The first-order chi connectivity index (χ1) is 10.6. The molecular weight excluding hydrogens is 367 g/mol. The number of rotatable bonds is 5. The minimum absolute atomic E-state index is 0.354. The SMILES string of the molecule is O=C(Cl)Oc1ccccc1SSc1ccccc1OC(=O)Cl. The number of benzene rings is 2. The van der Waals surface area contributed by atoms with E-state index in [4.69, 9.17) is 32.7 Å². The predicted octanol–water partition coefficient (Wildman–Crippen LogP) is 5.96. The highest BCUT2D eigenvalue weighted by Crippen LogP contribution is 2.44. The molecule has 2 rings (SSSR count). The summed E-state index contributed by atoms with van der Waals surface area (Å²) in [6.07, 6.45) is 0. The molecule has 0 saturated carbocycles. The maximum atomic E-state index is 10.9. The number of hydrogen-bond acceptors (Lipinski definition) is 6. The lowest BCUT2D eigenvalue weighted by molar-refractivity contribution is 0.223. The zero-order valence-electron chi connectivity index (χ0n) is 10.8. The van der Waals surface area contributed by atoms with Crippen LogP contribution in [-0.4, -0.2) is 10.9 Å². The van der Waals surface area contributed by atoms with Crippen LogP contribution in [0.5, 0.6) is 11.5 Å². The summed E-state index contributed by atoms with van der Waals surface area (Å²) in [6, 6.07) is 13.9. The van der Waals surface area contributed by atoms with Gasteiger partial charge in [-0.1, -0.05) is 24.3 Å². The second-order valence-electron chi connectivity index (χ2n) is 3.74. The first kappa shape index (κ1) is 17.0. The maximum Gasteiger partial charge on any atom is 0.409 e. The van der Waals surface area contributed by atoms with Crippen molar-refractivity contribution in [2.45, 2.75) is 9.79 Å². The van der Waals surface area contributed by atoms with Crippen LogP contribution >= 0.6 is 44.8 Å². The van der Waals surface area contributed by atoms with Gasteiger partial charge in [-0.2, -0.15) is 0 Å². The predicted molar refractivity (Wildman–Crippen MR) is 88.4 cm³/mol. The summed E-state index contributed by atoms with van der Waals surface area (Å²) < 4.78 is 9.83. The van der Waals surface area contributed by atoms with Gasteiger partial charge in [0.25, 0.3) is 0 Å². The van der Waals surface area contributed by atoms with E-state index < -0.39 is 10.9 Å². The first-order valence-corrected chi connectivity index (χ1v) is 8.74. The molecule has 0 amide bonds. The van der Waals surface area contributed by atoms with Crippen LogP contribution < -0.4 is 9.47 Å². The number of carbonyl (C=O) groups excluding carboxylic acids is 2. The molecule has 8 heteroatoms. The van der Waals surface area contributed by atoms with E-state index in [1.165, 1.54) is 21.6 Å². The summed E-state index contributed by atoms with van der Waals surface area (Å²) in [6.45, 7) is 0. The molecule has 22 heavy (non-hydrogen) atoms. The molecule has 0 heterocycles. The topological polar surface area (TPSA) is 52.6 Å². The van der Waals surface area contributed by atoms with E-state index in [1.807, 2.05) is 0 Å². The zero-order valence-corrected chi connectivity index (χ0v) is 14.0. The molecule has 0 aliphatic carbocycles. The van der Waals surface area contributed by atoms with Crippen molar-refractivity contribution in [2.24, 2.45) is 0 Å². The summed E-state index contributed by atoms with van der Waals surface area (Å²) in [5.74, 6) is 0.707. The van der Waals surface area contributed by atoms with Crippen molar-refractivity contribution in [1.29, 1.82) is 0 Å². The lowest BCUT2D eigenvalue weighted by Gasteiger charge is -2.09. The van der Waals surface area contributed by atoms with Gasteiger partial charge in [0, 0.05) is 23.2 Å². The van der Waals surface area contributed by atoms with Crippen molar-refractivity contribution in [2.75, 3.05) is 0 Å². The van der Waals surface area contributed by atoms with E-state index in [1.54, 1.807) is 48.5 Å². The summed E-state index contributed by atoms with van der Waals surface area (Å²) in [5.41, 5.74) is -1.82. The van der Waals surface area contributed by atoms with E-state index >= 15 is 0 Å². The number of halogens is 2. The molecule has 0 aromatic heterocycles. The Kier molecular flexibility index (Phi) is 6.45. The first-order valence-electron chi connectivity index (χ1n) is 5.83. The molecule has 2 aromatic carbocycles. The average Bonchev–Trinajstić information content (AvgIpc) is 2.46. The fraction of sp³-hybridized carbons (Fsp3) is 0. The molecular formula is C14H8Cl2O4S2. The van der Waals surface area contributed by atoms with Gasteiger partial charge in [-0.3, -0.25) is 0 Å². The number of para-hydroxylation sites is 2. The Morgan fingerprint density at radius 1 is 0.727 bits per heavy atom. The van der Waals surface area contributed by atoms with Gasteiger partial charge in [0.05, 0.1) is 9.79 Å². The molecule has 0 bridgehead atoms. The smallest absolute Gasteiger partial charge is 0.409 e. The van der Waals surface area contributed by atoms with Crippen LogP contribution in [0.4, 0.5) is 9.59 Å². The highest BCUT2D eigenvalue weighted by molar-refractivity contribution is 8.76. The summed E-state index contributed by atoms with van der Waals surface area (Å²) >= 11 is 10.5. The highest BCUT2D eigenvalue weighted by atomic mass is 35.5. The highest BCUT2D eigenvalue weighted by Gasteiger charge is 2.11. The van der Waals surface area contributed by atoms with Crippen LogP contribution in [0.2, 0.25) is 0 Å². The molecule has 0 N–H and O–H groups in total. The lowest BCUT2D eigenvalue weighted by atomic mass is 10.3. The normalized spacial score (nSPS) is 10.1. The Balaban J connectivity index is 2.14. The molecule has 0 unspecified atom stereocenters. The van der Waals surface area contributed by atoms with Crippen molar-refractivity contribution >= 4 is 55.6 Å². The van der Waals surface area contributed by atoms with Gasteiger partial charge in [-0.05, 0) is 45.9 Å². The molecule has 0 saturated heterocycles. The molecule has 2 aromatic rings. The molecule has 0 spiro atoms. The van der Waals surface area contributed by atoms with E-state index in [2.05, 4.69) is 0 Å². The standard InChI is InChI=1S/C14H8Cl2O4S2/c15-13(17)19-9-5-1-3-7-11(9)21-22-12-8-4-2-6-10(12)20-14(16)18/h1-8H. The monoisotopic (exact) mass is 374 g/mol. The van der Waals surface area contributed by atoms with Gasteiger partial charge >= 0.3 is 10.9 Å². The van der Waals surface area contributed by atoms with Crippen LogP contribution in [0, 0.1) is 0 Å². The average molecular weight is 375 g/mol. The third-order valence-corrected chi connectivity index (χ3v) is 4.90. The Bertz CT molecular complexity index is 635.